The molecule has 32 heavy (non-hydrogen) atoms. The highest BCUT2D eigenvalue weighted by molar-refractivity contribution is 6.34. The molecule has 5 rings (SSSR count). The maximum Gasteiger partial charge on any atom is 0.255 e. The second-order valence-corrected chi connectivity index (χ2v) is 9.10. The number of carbonyl (C=O) groups is 2. The highest BCUT2D eigenvalue weighted by Gasteiger charge is 2.56. The summed E-state index contributed by atoms with van der Waals surface area (Å²) in [6.07, 6.45) is 1.52. The summed E-state index contributed by atoms with van der Waals surface area (Å²) in [4.78, 5) is 27.9. The molecule has 0 aromatic heterocycles. The largest absolute Gasteiger partial charge is 0.339 e. The lowest BCUT2D eigenvalue weighted by atomic mass is 9.77. The Bertz CT molecular complexity index is 1080. The number of nitrogens with zero attached hydrogens (tertiary/aromatic N) is 3. The van der Waals surface area contributed by atoms with Crippen molar-refractivity contribution in [3.8, 4) is 0 Å². The van der Waals surface area contributed by atoms with E-state index in [9.17, 15) is 22.8 Å². The fourth-order valence-corrected chi connectivity index (χ4v) is 5.42. The van der Waals surface area contributed by atoms with Crippen LogP contribution in [-0.2, 0) is 4.79 Å². The number of piperidine rings is 1. The van der Waals surface area contributed by atoms with E-state index in [-0.39, 0.29) is 22.4 Å². The molecular weight excluding hydrogens is 443 g/mol. The van der Waals surface area contributed by atoms with E-state index in [0.717, 1.165) is 6.07 Å². The molecule has 1 spiro atoms. The summed E-state index contributed by atoms with van der Waals surface area (Å²) in [6.45, 7) is 1.83. The van der Waals surface area contributed by atoms with Crippen LogP contribution in [0.1, 0.15) is 41.2 Å². The van der Waals surface area contributed by atoms with Gasteiger partial charge in [0, 0.05) is 32.2 Å². The molecule has 9 heteroatoms. The van der Waals surface area contributed by atoms with Crippen molar-refractivity contribution >= 4 is 23.4 Å². The Labute approximate surface area is 188 Å². The first-order valence-electron chi connectivity index (χ1n) is 10.6. The Kier molecular flexibility index (Phi) is 5.17. The van der Waals surface area contributed by atoms with E-state index in [1.807, 2.05) is 5.01 Å². The fraction of sp³-hybridized carbons (Fsp3) is 0.391. The van der Waals surface area contributed by atoms with Crippen molar-refractivity contribution in [3.05, 3.63) is 70.0 Å². The average Bonchev–Trinajstić information content (AvgIpc) is 3.28. The molecule has 5 nitrogen and oxygen atoms in total. The second kappa shape index (κ2) is 7.78. The first kappa shape index (κ1) is 21.3. The lowest BCUT2D eigenvalue weighted by molar-refractivity contribution is -0.144. The average molecular weight is 464 g/mol. The molecule has 0 unspecified atom stereocenters. The molecule has 3 fully saturated rings. The third-order valence-corrected chi connectivity index (χ3v) is 7.25. The van der Waals surface area contributed by atoms with Crippen molar-refractivity contribution in [3.63, 3.8) is 0 Å². The smallest absolute Gasteiger partial charge is 0.255 e. The monoisotopic (exact) mass is 463 g/mol. The zero-order valence-corrected chi connectivity index (χ0v) is 17.9. The van der Waals surface area contributed by atoms with Gasteiger partial charge in [-0.2, -0.15) is 0 Å². The van der Waals surface area contributed by atoms with Crippen molar-refractivity contribution in [1.29, 1.82) is 0 Å². The number of amides is 2. The van der Waals surface area contributed by atoms with Crippen LogP contribution in [0, 0.1) is 22.9 Å². The molecule has 2 aromatic carbocycles. The summed E-state index contributed by atoms with van der Waals surface area (Å²) in [6, 6.07) is 7.10. The molecule has 3 heterocycles. The molecule has 3 saturated heterocycles. The van der Waals surface area contributed by atoms with Gasteiger partial charge in [-0.1, -0.05) is 17.7 Å². The number of likely N-dealkylation sites (tertiary alicyclic amines) is 1. The van der Waals surface area contributed by atoms with Crippen molar-refractivity contribution < 1.29 is 22.8 Å². The molecule has 0 N–H and O–H groups in total. The van der Waals surface area contributed by atoms with Crippen molar-refractivity contribution in [1.82, 2.24) is 14.9 Å². The number of halogens is 4. The number of hydrazine groups is 1. The van der Waals surface area contributed by atoms with E-state index in [4.69, 9.17) is 11.6 Å². The van der Waals surface area contributed by atoms with Gasteiger partial charge in [0.1, 0.15) is 17.5 Å². The van der Waals surface area contributed by atoms with Crippen LogP contribution in [0.4, 0.5) is 13.2 Å². The van der Waals surface area contributed by atoms with E-state index in [2.05, 4.69) is 0 Å². The van der Waals surface area contributed by atoms with Crippen LogP contribution in [0.2, 0.25) is 5.02 Å². The summed E-state index contributed by atoms with van der Waals surface area (Å²) >= 11 is 5.97. The minimum atomic E-state index is -0.664. The Hall–Kier alpha value is -2.58. The molecule has 168 valence electrons. The van der Waals surface area contributed by atoms with Crippen LogP contribution in [0.25, 0.3) is 0 Å². The van der Waals surface area contributed by atoms with Gasteiger partial charge in [-0.05, 0) is 49.1 Å². The van der Waals surface area contributed by atoms with E-state index in [1.165, 1.54) is 30.3 Å². The number of hydrogen-bond acceptors (Lipinski definition) is 3. The molecule has 2 aromatic rings. The zero-order valence-electron chi connectivity index (χ0n) is 17.2. The van der Waals surface area contributed by atoms with Crippen LogP contribution in [0.15, 0.2) is 36.4 Å². The van der Waals surface area contributed by atoms with Crippen LogP contribution < -0.4 is 0 Å². The Balaban J connectivity index is 1.32. The predicted molar refractivity (Wildman–Crippen MR) is 111 cm³/mol. The van der Waals surface area contributed by atoms with Gasteiger partial charge in [-0.25, -0.2) is 18.2 Å². The maximum atomic E-state index is 13.8. The summed E-state index contributed by atoms with van der Waals surface area (Å²) in [7, 11) is 0. The third-order valence-electron chi connectivity index (χ3n) is 6.87. The minimum absolute atomic E-state index is 0.0689. The molecular formula is C23H21ClF3N3O2. The highest BCUT2D eigenvalue weighted by Crippen LogP contribution is 2.47. The van der Waals surface area contributed by atoms with E-state index in [1.54, 1.807) is 9.91 Å². The zero-order chi connectivity index (χ0) is 22.6. The number of hydrogen-bond donors (Lipinski definition) is 0. The lowest BCUT2D eigenvalue weighted by Gasteiger charge is -2.38. The minimum Gasteiger partial charge on any atom is -0.339 e. The van der Waals surface area contributed by atoms with Crippen molar-refractivity contribution in [2.45, 2.75) is 25.3 Å². The molecule has 2 amide bonds. The van der Waals surface area contributed by atoms with Gasteiger partial charge in [0.2, 0.25) is 5.91 Å². The molecule has 3 aliphatic heterocycles. The normalized spacial score (nSPS) is 22.6. The standard InChI is InChI=1S/C23H21ClF3N3O2/c24-20-17(2-1-3-18(20)27)21(31)28-8-5-23(6-9-28)13-29-7-4-19(30(29)22(23)32)14-10-15(25)12-16(26)11-14/h1-3,10-12,19H,4-9,13H2/t19-/m0/s1. The molecule has 0 bridgehead atoms. The fourth-order valence-electron chi connectivity index (χ4n) is 5.21. The highest BCUT2D eigenvalue weighted by atomic mass is 35.5. The van der Waals surface area contributed by atoms with Gasteiger partial charge < -0.3 is 4.90 Å². The van der Waals surface area contributed by atoms with Gasteiger partial charge >= 0.3 is 0 Å². The van der Waals surface area contributed by atoms with Gasteiger partial charge in [-0.3, -0.25) is 14.6 Å². The van der Waals surface area contributed by atoms with E-state index >= 15 is 0 Å². The Morgan fingerprint density at radius 2 is 1.72 bits per heavy atom. The number of carbonyl (C=O) groups excluding carboxylic acids is 2. The predicted octanol–water partition coefficient (Wildman–Crippen LogP) is 4.18. The second-order valence-electron chi connectivity index (χ2n) is 8.72. The van der Waals surface area contributed by atoms with E-state index < -0.39 is 28.9 Å². The van der Waals surface area contributed by atoms with Crippen LogP contribution in [-0.4, -0.2) is 52.9 Å². The first-order valence-corrected chi connectivity index (χ1v) is 10.9. The lowest BCUT2D eigenvalue weighted by Crippen LogP contribution is -2.48. The number of benzene rings is 2. The SMILES string of the molecule is O=C(c1cccc(F)c1Cl)N1CCC2(CC1)CN1CC[C@@H](c3cc(F)cc(F)c3)N1C2=O. The van der Waals surface area contributed by atoms with Crippen LogP contribution in [0.5, 0.6) is 0 Å². The van der Waals surface area contributed by atoms with Crippen LogP contribution >= 0.6 is 11.6 Å². The van der Waals surface area contributed by atoms with Crippen molar-refractivity contribution in [2.75, 3.05) is 26.2 Å². The Morgan fingerprint density at radius 1 is 1.03 bits per heavy atom. The molecule has 0 radical (unpaired) electrons. The summed E-state index contributed by atoms with van der Waals surface area (Å²) in [5, 5.41) is 3.40. The quantitative estimate of drug-likeness (QED) is 0.671. The summed E-state index contributed by atoms with van der Waals surface area (Å²) in [5.74, 6) is -2.40. The topological polar surface area (TPSA) is 43.9 Å². The summed E-state index contributed by atoms with van der Waals surface area (Å²) < 4.78 is 41.3. The van der Waals surface area contributed by atoms with Crippen molar-refractivity contribution in [2.24, 2.45) is 5.41 Å². The van der Waals surface area contributed by atoms with Gasteiger partial charge in [0.15, 0.2) is 0 Å². The number of rotatable bonds is 2. The Morgan fingerprint density at radius 3 is 2.41 bits per heavy atom. The van der Waals surface area contributed by atoms with Gasteiger partial charge in [0.25, 0.3) is 5.91 Å². The molecule has 0 aliphatic carbocycles. The summed E-state index contributed by atoms with van der Waals surface area (Å²) in [5.41, 5.74) is -0.0887. The first-order chi connectivity index (χ1) is 15.3. The van der Waals surface area contributed by atoms with Gasteiger partial charge in [0.05, 0.1) is 22.0 Å². The van der Waals surface area contributed by atoms with E-state index in [0.29, 0.717) is 51.0 Å². The number of fused-ring (bicyclic) bond motifs is 1. The third kappa shape index (κ3) is 3.36. The maximum absolute atomic E-state index is 13.8. The van der Waals surface area contributed by atoms with Crippen LogP contribution in [0.3, 0.4) is 0 Å². The van der Waals surface area contributed by atoms with Gasteiger partial charge in [-0.15, -0.1) is 0 Å². The molecule has 1 atom stereocenters. The molecule has 0 saturated carbocycles. The molecule has 3 aliphatic rings.